The molecule has 0 fully saturated rings. The second kappa shape index (κ2) is 9.82. The highest BCUT2D eigenvalue weighted by Crippen LogP contribution is 1.84. The Kier molecular flexibility index (Phi) is 12.0. The number of hydrogen-bond donors (Lipinski definition) is 0. The molecule has 0 aromatic rings. The van der Waals surface area contributed by atoms with Gasteiger partial charge in [0.1, 0.15) is 11.6 Å². The molecule has 0 unspecified atom stereocenters. The summed E-state index contributed by atoms with van der Waals surface area (Å²) >= 11 is 3.03. The van der Waals surface area contributed by atoms with E-state index in [-0.39, 0.29) is 11.6 Å². The van der Waals surface area contributed by atoms with Crippen molar-refractivity contribution in [2.75, 3.05) is 5.33 Å². The van der Waals surface area contributed by atoms with Crippen LogP contribution in [0.25, 0.3) is 0 Å². The average molecular weight is 223 g/mol. The fourth-order valence-electron chi connectivity index (χ4n) is 0.0945. The summed E-state index contributed by atoms with van der Waals surface area (Å²) in [4.78, 5) is 19.9. The molecule has 2 nitrogen and oxygen atoms in total. The van der Waals surface area contributed by atoms with Crippen LogP contribution in [0.4, 0.5) is 0 Å². The third kappa shape index (κ3) is 17.7. The SMILES string of the molecule is CCC(=O)CBr.CCC(C)=O. The van der Waals surface area contributed by atoms with Gasteiger partial charge in [0, 0.05) is 12.8 Å². The summed E-state index contributed by atoms with van der Waals surface area (Å²) in [6.07, 6.45) is 1.31. The Morgan fingerprint density at radius 2 is 1.55 bits per heavy atom. The molecule has 3 heteroatoms. The van der Waals surface area contributed by atoms with Crippen molar-refractivity contribution in [3.05, 3.63) is 0 Å². The van der Waals surface area contributed by atoms with Crippen LogP contribution in [0.2, 0.25) is 0 Å². The van der Waals surface area contributed by atoms with Crippen LogP contribution < -0.4 is 0 Å². The molecule has 0 aromatic heterocycles. The molecule has 0 aliphatic carbocycles. The van der Waals surface area contributed by atoms with Gasteiger partial charge < -0.3 is 4.79 Å². The Morgan fingerprint density at radius 3 is 1.55 bits per heavy atom. The summed E-state index contributed by atoms with van der Waals surface area (Å²) in [5, 5.41) is 0.503. The maximum absolute atomic E-state index is 10.1. The van der Waals surface area contributed by atoms with Crippen LogP contribution in [-0.2, 0) is 9.59 Å². The number of alkyl halides is 1. The number of ketones is 2. The first-order chi connectivity index (χ1) is 5.08. The predicted molar refractivity (Wildman–Crippen MR) is 50.1 cm³/mol. The van der Waals surface area contributed by atoms with E-state index in [1.807, 2.05) is 13.8 Å². The van der Waals surface area contributed by atoms with Crippen LogP contribution in [0, 0.1) is 0 Å². The number of Topliss-reactive ketones (excluding diaryl/α,β-unsaturated/α-hetero) is 2. The first-order valence-electron chi connectivity index (χ1n) is 3.65. The zero-order valence-electron chi connectivity index (χ0n) is 7.32. The summed E-state index contributed by atoms with van der Waals surface area (Å²) in [5.74, 6) is 0.514. The van der Waals surface area contributed by atoms with E-state index in [0.29, 0.717) is 18.2 Å². The van der Waals surface area contributed by atoms with Gasteiger partial charge in [-0.15, -0.1) is 0 Å². The summed E-state index contributed by atoms with van der Waals surface area (Å²) in [7, 11) is 0. The number of carbonyl (C=O) groups is 2. The molecular weight excluding hydrogens is 208 g/mol. The van der Waals surface area contributed by atoms with Gasteiger partial charge in [-0.05, 0) is 6.92 Å². The molecule has 11 heavy (non-hydrogen) atoms. The molecule has 0 heterocycles. The van der Waals surface area contributed by atoms with Gasteiger partial charge >= 0.3 is 0 Å². The van der Waals surface area contributed by atoms with E-state index in [0.717, 1.165) is 0 Å². The second-order valence-electron chi connectivity index (χ2n) is 2.08. The van der Waals surface area contributed by atoms with Gasteiger partial charge in [0.15, 0.2) is 0 Å². The lowest BCUT2D eigenvalue weighted by atomic mass is 10.4. The van der Waals surface area contributed by atoms with Crippen LogP contribution in [0.1, 0.15) is 33.6 Å². The van der Waals surface area contributed by atoms with Gasteiger partial charge in [-0.2, -0.15) is 0 Å². The number of carbonyl (C=O) groups excluding carboxylic acids is 2. The Morgan fingerprint density at radius 1 is 1.18 bits per heavy atom. The topological polar surface area (TPSA) is 34.1 Å². The average Bonchev–Trinajstić information content (AvgIpc) is 2.04. The van der Waals surface area contributed by atoms with Crippen molar-refractivity contribution >= 4 is 27.5 Å². The summed E-state index contributed by atoms with van der Waals surface area (Å²) in [5.41, 5.74) is 0. The molecule has 0 N–H and O–H groups in total. The lowest BCUT2D eigenvalue weighted by Gasteiger charge is -1.79. The first kappa shape index (κ1) is 13.4. The largest absolute Gasteiger partial charge is 0.300 e. The zero-order valence-corrected chi connectivity index (χ0v) is 8.90. The van der Waals surface area contributed by atoms with Gasteiger partial charge in [-0.1, -0.05) is 29.8 Å². The van der Waals surface area contributed by atoms with Gasteiger partial charge in [0.05, 0.1) is 5.33 Å². The summed E-state index contributed by atoms with van der Waals surface area (Å²) < 4.78 is 0. The monoisotopic (exact) mass is 222 g/mol. The minimum absolute atomic E-state index is 0.255. The Hall–Kier alpha value is -0.180. The lowest BCUT2D eigenvalue weighted by Crippen LogP contribution is -1.92. The maximum atomic E-state index is 10.1. The molecule has 0 amide bonds. The van der Waals surface area contributed by atoms with Gasteiger partial charge in [-0.3, -0.25) is 4.79 Å². The molecule has 0 aliphatic heterocycles. The second-order valence-corrected chi connectivity index (χ2v) is 2.64. The first-order valence-corrected chi connectivity index (χ1v) is 4.77. The van der Waals surface area contributed by atoms with Crippen LogP contribution in [0.5, 0.6) is 0 Å². The standard InChI is InChI=1S/C4H7BrO.C4H8O/c1-2-4(6)3-5;1-3-4(2)5/h2-3H2,1H3;3H2,1-2H3. The maximum Gasteiger partial charge on any atom is 0.143 e. The summed E-state index contributed by atoms with van der Waals surface area (Å²) in [6.45, 7) is 5.28. The van der Waals surface area contributed by atoms with Crippen molar-refractivity contribution < 1.29 is 9.59 Å². The Balaban J connectivity index is 0. The quantitative estimate of drug-likeness (QED) is 0.688. The van der Waals surface area contributed by atoms with Gasteiger partial charge in [0.25, 0.3) is 0 Å². The fraction of sp³-hybridized carbons (Fsp3) is 0.750. The Labute approximate surface area is 76.5 Å². The minimum Gasteiger partial charge on any atom is -0.300 e. The lowest BCUT2D eigenvalue weighted by molar-refractivity contribution is -0.117. The highest BCUT2D eigenvalue weighted by Gasteiger charge is 1.88. The molecular formula is C8H15BrO2. The molecule has 0 saturated heterocycles. The highest BCUT2D eigenvalue weighted by atomic mass is 79.9. The molecule has 0 aliphatic rings. The van der Waals surface area contributed by atoms with Crippen LogP contribution >= 0.6 is 15.9 Å². The molecule has 0 spiro atoms. The van der Waals surface area contributed by atoms with E-state index in [4.69, 9.17) is 0 Å². The van der Waals surface area contributed by atoms with Gasteiger partial charge in [0.2, 0.25) is 0 Å². The predicted octanol–water partition coefficient (Wildman–Crippen LogP) is 2.35. The molecule has 0 bridgehead atoms. The molecule has 66 valence electrons. The van der Waals surface area contributed by atoms with E-state index in [2.05, 4.69) is 15.9 Å². The smallest absolute Gasteiger partial charge is 0.143 e. The highest BCUT2D eigenvalue weighted by molar-refractivity contribution is 9.09. The van der Waals surface area contributed by atoms with Crippen LogP contribution in [-0.4, -0.2) is 16.9 Å². The van der Waals surface area contributed by atoms with Crippen molar-refractivity contribution in [2.24, 2.45) is 0 Å². The molecule has 0 saturated carbocycles. The van der Waals surface area contributed by atoms with Crippen LogP contribution in [0.3, 0.4) is 0 Å². The summed E-state index contributed by atoms with van der Waals surface area (Å²) in [6, 6.07) is 0. The normalized spacial score (nSPS) is 8.00. The van der Waals surface area contributed by atoms with Crippen molar-refractivity contribution in [1.82, 2.24) is 0 Å². The number of halogens is 1. The number of hydrogen-bond acceptors (Lipinski definition) is 2. The van der Waals surface area contributed by atoms with Crippen molar-refractivity contribution in [3.8, 4) is 0 Å². The minimum atomic E-state index is 0.255. The molecule has 0 radical (unpaired) electrons. The van der Waals surface area contributed by atoms with E-state index >= 15 is 0 Å². The molecule has 0 atom stereocenters. The van der Waals surface area contributed by atoms with E-state index < -0.39 is 0 Å². The van der Waals surface area contributed by atoms with Crippen molar-refractivity contribution in [3.63, 3.8) is 0 Å². The molecule has 0 rings (SSSR count). The third-order valence-electron chi connectivity index (χ3n) is 1.04. The van der Waals surface area contributed by atoms with E-state index in [1.165, 1.54) is 0 Å². The fourth-order valence-corrected chi connectivity index (χ4v) is 0.491. The zero-order chi connectivity index (χ0) is 9.28. The Bertz CT molecular complexity index is 115. The number of rotatable bonds is 3. The van der Waals surface area contributed by atoms with E-state index in [9.17, 15) is 9.59 Å². The third-order valence-corrected chi connectivity index (χ3v) is 1.67. The van der Waals surface area contributed by atoms with Crippen molar-refractivity contribution in [1.29, 1.82) is 0 Å². The van der Waals surface area contributed by atoms with Gasteiger partial charge in [-0.25, -0.2) is 0 Å². The molecule has 0 aromatic carbocycles. The van der Waals surface area contributed by atoms with Crippen LogP contribution in [0.15, 0.2) is 0 Å². The van der Waals surface area contributed by atoms with E-state index in [1.54, 1.807) is 6.92 Å². The van der Waals surface area contributed by atoms with Crippen molar-refractivity contribution in [2.45, 2.75) is 33.6 Å².